The molecule has 0 aromatic heterocycles. The van der Waals surface area contributed by atoms with Crippen molar-refractivity contribution in [1.29, 1.82) is 0 Å². The molecule has 5 heteroatoms. The minimum Gasteiger partial charge on any atom is -0.465 e. The molecule has 0 rings (SSSR count). The van der Waals surface area contributed by atoms with Crippen molar-refractivity contribution in [1.82, 2.24) is 0 Å². The summed E-state index contributed by atoms with van der Waals surface area (Å²) in [5.41, 5.74) is 5.56. The van der Waals surface area contributed by atoms with Crippen LogP contribution in [0.1, 0.15) is 19.8 Å². The molecule has 0 saturated carbocycles. The van der Waals surface area contributed by atoms with E-state index in [0.717, 1.165) is 12.2 Å². The van der Waals surface area contributed by atoms with E-state index in [1.54, 1.807) is 11.8 Å². The van der Waals surface area contributed by atoms with Crippen LogP contribution in [0.5, 0.6) is 0 Å². The fourth-order valence-electron chi connectivity index (χ4n) is 0.672. The number of nitrogens with two attached hydrogens (primary N) is 1. The molecule has 80 valence electrons. The number of carbonyl (C=O) groups excluding carboxylic acids is 1. The zero-order valence-corrected chi connectivity index (χ0v) is 9.75. The molecule has 3 nitrogen and oxygen atoms in total. The summed E-state index contributed by atoms with van der Waals surface area (Å²) >= 11 is 1.68. The van der Waals surface area contributed by atoms with E-state index in [4.69, 9.17) is 10.5 Å². The summed E-state index contributed by atoms with van der Waals surface area (Å²) in [5.74, 6) is 0.633. The maximum atomic E-state index is 11.1. The van der Waals surface area contributed by atoms with Crippen molar-refractivity contribution in [2.75, 3.05) is 18.6 Å². The van der Waals surface area contributed by atoms with Crippen LogP contribution in [-0.2, 0) is 9.53 Å². The molecule has 0 saturated heterocycles. The highest BCUT2D eigenvalue weighted by Gasteiger charge is 2.13. The van der Waals surface area contributed by atoms with Crippen LogP contribution < -0.4 is 5.73 Å². The van der Waals surface area contributed by atoms with Gasteiger partial charge in [-0.05, 0) is 24.9 Å². The predicted octanol–water partition coefficient (Wildman–Crippen LogP) is 1.44. The van der Waals surface area contributed by atoms with Gasteiger partial charge in [0.2, 0.25) is 0 Å². The third-order valence-electron chi connectivity index (χ3n) is 1.38. The fourth-order valence-corrected chi connectivity index (χ4v) is 1.16. The molecule has 1 atom stereocenters. The Morgan fingerprint density at radius 2 is 2.23 bits per heavy atom. The van der Waals surface area contributed by atoms with Crippen molar-refractivity contribution < 1.29 is 9.53 Å². The van der Waals surface area contributed by atoms with E-state index < -0.39 is 6.04 Å². The fraction of sp³-hybridized carbons (Fsp3) is 0.875. The number of halogens is 1. The second-order valence-electron chi connectivity index (χ2n) is 2.56. The number of hydrogen-bond donors (Lipinski definition) is 1. The molecular weight excluding hydrogens is 210 g/mol. The number of carbonyl (C=O) groups is 1. The van der Waals surface area contributed by atoms with Gasteiger partial charge in [0, 0.05) is 0 Å². The van der Waals surface area contributed by atoms with Gasteiger partial charge in [-0.15, -0.1) is 12.4 Å². The average molecular weight is 228 g/mol. The zero-order valence-electron chi connectivity index (χ0n) is 8.12. The van der Waals surface area contributed by atoms with Gasteiger partial charge in [0.15, 0.2) is 0 Å². The highest BCUT2D eigenvalue weighted by atomic mass is 35.5. The van der Waals surface area contributed by atoms with Gasteiger partial charge in [-0.25, -0.2) is 0 Å². The van der Waals surface area contributed by atoms with Crippen LogP contribution in [0.25, 0.3) is 0 Å². The first-order valence-electron chi connectivity index (χ1n) is 4.13. The van der Waals surface area contributed by atoms with Crippen LogP contribution >= 0.6 is 24.2 Å². The zero-order chi connectivity index (χ0) is 9.40. The summed E-state index contributed by atoms with van der Waals surface area (Å²) in [6, 6.07) is -0.441. The maximum Gasteiger partial charge on any atom is 0.322 e. The quantitative estimate of drug-likeness (QED) is 0.698. The van der Waals surface area contributed by atoms with Crippen molar-refractivity contribution >= 4 is 30.1 Å². The van der Waals surface area contributed by atoms with Crippen LogP contribution in [-0.4, -0.2) is 30.6 Å². The minimum atomic E-state index is -0.441. The molecule has 13 heavy (non-hydrogen) atoms. The number of ether oxygens (including phenoxy) is 1. The van der Waals surface area contributed by atoms with E-state index >= 15 is 0 Å². The van der Waals surface area contributed by atoms with Gasteiger partial charge < -0.3 is 10.5 Å². The monoisotopic (exact) mass is 227 g/mol. The molecule has 0 unspecified atom stereocenters. The maximum absolute atomic E-state index is 11.1. The lowest BCUT2D eigenvalue weighted by Gasteiger charge is -2.09. The Bertz CT molecular complexity index is 135. The molecular formula is C8H18ClNO2S. The van der Waals surface area contributed by atoms with Gasteiger partial charge in [0.25, 0.3) is 0 Å². The van der Waals surface area contributed by atoms with Crippen molar-refractivity contribution in [2.24, 2.45) is 5.73 Å². The van der Waals surface area contributed by atoms with Gasteiger partial charge in [0.05, 0.1) is 6.61 Å². The van der Waals surface area contributed by atoms with E-state index in [1.807, 2.05) is 13.2 Å². The van der Waals surface area contributed by atoms with Gasteiger partial charge in [0.1, 0.15) is 6.04 Å². The summed E-state index contributed by atoms with van der Waals surface area (Å²) in [4.78, 5) is 11.1. The van der Waals surface area contributed by atoms with Crippen LogP contribution in [0.3, 0.4) is 0 Å². The third kappa shape index (κ3) is 8.40. The van der Waals surface area contributed by atoms with Crippen LogP contribution in [0.4, 0.5) is 0 Å². The van der Waals surface area contributed by atoms with Gasteiger partial charge >= 0.3 is 5.97 Å². The first kappa shape index (κ1) is 15.5. The Kier molecular flexibility index (Phi) is 12.1. The second kappa shape index (κ2) is 10.2. The average Bonchev–Trinajstić information content (AvgIpc) is 2.10. The highest BCUT2D eigenvalue weighted by molar-refractivity contribution is 7.98. The predicted molar refractivity (Wildman–Crippen MR) is 59.5 cm³/mol. The van der Waals surface area contributed by atoms with Crippen molar-refractivity contribution in [2.45, 2.75) is 25.8 Å². The van der Waals surface area contributed by atoms with Crippen molar-refractivity contribution in [3.05, 3.63) is 0 Å². The van der Waals surface area contributed by atoms with Gasteiger partial charge in [-0.1, -0.05) is 6.92 Å². The van der Waals surface area contributed by atoms with Crippen LogP contribution in [0, 0.1) is 0 Å². The SMILES string of the molecule is CCCOC(=O)[C@@H](N)CCSC.Cl. The Morgan fingerprint density at radius 3 is 2.69 bits per heavy atom. The molecule has 0 radical (unpaired) electrons. The van der Waals surface area contributed by atoms with Gasteiger partial charge in [-0.3, -0.25) is 4.79 Å². The minimum absolute atomic E-state index is 0. The number of esters is 1. The van der Waals surface area contributed by atoms with E-state index in [9.17, 15) is 4.79 Å². The standard InChI is InChI=1S/C8H17NO2S.ClH/c1-3-5-11-8(10)7(9)4-6-12-2;/h7H,3-6,9H2,1-2H3;1H/t7-;/m0./s1. The number of thioether (sulfide) groups is 1. The van der Waals surface area contributed by atoms with Crippen LogP contribution in [0.2, 0.25) is 0 Å². The number of hydrogen-bond acceptors (Lipinski definition) is 4. The summed E-state index contributed by atoms with van der Waals surface area (Å²) in [6.45, 7) is 2.44. The highest BCUT2D eigenvalue weighted by Crippen LogP contribution is 2.00. The molecule has 0 aromatic carbocycles. The number of rotatable bonds is 6. The largest absolute Gasteiger partial charge is 0.465 e. The second-order valence-corrected chi connectivity index (χ2v) is 3.54. The molecule has 0 amide bonds. The van der Waals surface area contributed by atoms with Crippen LogP contribution in [0.15, 0.2) is 0 Å². The van der Waals surface area contributed by atoms with Crippen molar-refractivity contribution in [3.8, 4) is 0 Å². The molecule has 0 spiro atoms. The van der Waals surface area contributed by atoms with Crippen molar-refractivity contribution in [3.63, 3.8) is 0 Å². The Labute approximate surface area is 90.2 Å². The summed E-state index contributed by atoms with van der Waals surface area (Å²) in [6.07, 6.45) is 3.54. The summed E-state index contributed by atoms with van der Waals surface area (Å²) in [7, 11) is 0. The van der Waals surface area contributed by atoms with E-state index in [1.165, 1.54) is 0 Å². The first-order valence-corrected chi connectivity index (χ1v) is 5.53. The Morgan fingerprint density at radius 1 is 1.62 bits per heavy atom. The lowest BCUT2D eigenvalue weighted by Crippen LogP contribution is -2.32. The third-order valence-corrected chi connectivity index (χ3v) is 2.03. The molecule has 0 aliphatic rings. The molecule has 0 fully saturated rings. The molecule has 0 bridgehead atoms. The lowest BCUT2D eigenvalue weighted by atomic mass is 10.2. The topological polar surface area (TPSA) is 52.3 Å². The van der Waals surface area contributed by atoms with E-state index in [-0.39, 0.29) is 18.4 Å². The normalized spacial score (nSPS) is 11.6. The summed E-state index contributed by atoms with van der Waals surface area (Å²) in [5, 5.41) is 0. The summed E-state index contributed by atoms with van der Waals surface area (Å²) < 4.78 is 4.88. The molecule has 0 aliphatic heterocycles. The molecule has 0 heterocycles. The smallest absolute Gasteiger partial charge is 0.322 e. The van der Waals surface area contributed by atoms with Gasteiger partial charge in [-0.2, -0.15) is 11.8 Å². The molecule has 0 aliphatic carbocycles. The lowest BCUT2D eigenvalue weighted by molar-refractivity contribution is -0.145. The Balaban J connectivity index is 0. The van der Waals surface area contributed by atoms with E-state index in [0.29, 0.717) is 13.0 Å². The van der Waals surface area contributed by atoms with E-state index in [2.05, 4.69) is 0 Å². The first-order chi connectivity index (χ1) is 5.72. The Hall–Kier alpha value is 0.0700. The molecule has 2 N–H and O–H groups in total. The molecule has 0 aromatic rings.